The molecule has 0 saturated heterocycles. The van der Waals surface area contributed by atoms with Crippen molar-refractivity contribution in [2.45, 2.75) is 12.5 Å². The van der Waals surface area contributed by atoms with Gasteiger partial charge in [-0.3, -0.25) is 0 Å². The Bertz CT molecular complexity index is 1190. The third-order valence-electron chi connectivity index (χ3n) is 4.65. The van der Waals surface area contributed by atoms with Crippen LogP contribution in [0.2, 0.25) is 0 Å². The number of guanidine groups is 1. The minimum atomic E-state index is -3.71. The molecule has 1 atom stereocenters. The molecule has 1 aliphatic heterocycles. The number of sulfonamides is 1. The molecule has 2 aromatic carbocycles. The molecule has 146 valence electrons. The van der Waals surface area contributed by atoms with Gasteiger partial charge in [-0.25, -0.2) is 22.1 Å². The maximum absolute atomic E-state index is 14.8. The number of hydrogen-bond donors (Lipinski definition) is 2. The van der Waals surface area contributed by atoms with Crippen molar-refractivity contribution >= 4 is 27.0 Å². The number of benzene rings is 2. The van der Waals surface area contributed by atoms with E-state index in [9.17, 15) is 12.8 Å². The highest BCUT2D eigenvalue weighted by atomic mass is 32.2. The van der Waals surface area contributed by atoms with Crippen molar-refractivity contribution in [3.8, 4) is 11.8 Å². The standard InChI is InChI=1S/C18H18FN5O3S/c1-18(10-28(25,26)24(2)16(20)23-18)12-8-14-15(9-13(12)19)22-17(21-14)27-11-6-4-3-5-7-11/h3-9H,10H2,1-2H3,(H2,20,23)(H,21,22)/t18-/m0/s1. The van der Waals surface area contributed by atoms with E-state index < -0.39 is 27.1 Å². The van der Waals surface area contributed by atoms with Gasteiger partial charge in [-0.05, 0) is 25.1 Å². The van der Waals surface area contributed by atoms with Gasteiger partial charge in [0.05, 0.1) is 16.8 Å². The van der Waals surface area contributed by atoms with Gasteiger partial charge >= 0.3 is 0 Å². The van der Waals surface area contributed by atoms with Gasteiger partial charge in [-0.15, -0.1) is 0 Å². The Morgan fingerprint density at radius 3 is 2.68 bits per heavy atom. The molecular weight excluding hydrogens is 385 g/mol. The smallest absolute Gasteiger partial charge is 0.300 e. The predicted octanol–water partition coefficient (Wildman–Crippen LogP) is 2.30. The second-order valence-electron chi connectivity index (χ2n) is 6.77. The lowest BCUT2D eigenvalue weighted by molar-refractivity contribution is 0.449. The molecule has 0 amide bonds. The van der Waals surface area contributed by atoms with E-state index in [0.29, 0.717) is 16.8 Å². The van der Waals surface area contributed by atoms with Crippen LogP contribution in [0.5, 0.6) is 11.8 Å². The molecule has 0 aliphatic carbocycles. The van der Waals surface area contributed by atoms with Crippen LogP contribution in [0.1, 0.15) is 12.5 Å². The number of halogens is 1. The van der Waals surface area contributed by atoms with Crippen LogP contribution in [-0.2, 0) is 15.6 Å². The number of fused-ring (bicyclic) bond motifs is 1. The Morgan fingerprint density at radius 1 is 1.29 bits per heavy atom. The number of para-hydroxylation sites is 1. The van der Waals surface area contributed by atoms with Crippen molar-refractivity contribution in [1.29, 1.82) is 0 Å². The molecule has 28 heavy (non-hydrogen) atoms. The summed E-state index contributed by atoms with van der Waals surface area (Å²) in [6.07, 6.45) is 0. The zero-order valence-corrected chi connectivity index (χ0v) is 16.0. The van der Waals surface area contributed by atoms with Crippen molar-refractivity contribution in [3.63, 3.8) is 0 Å². The number of aromatic amines is 1. The first kappa shape index (κ1) is 18.2. The van der Waals surface area contributed by atoms with Gasteiger partial charge in [-0.2, -0.15) is 4.98 Å². The molecule has 0 fully saturated rings. The van der Waals surface area contributed by atoms with Crippen LogP contribution >= 0.6 is 0 Å². The van der Waals surface area contributed by atoms with Gasteiger partial charge in [0.2, 0.25) is 16.0 Å². The molecular formula is C18H18FN5O3S. The van der Waals surface area contributed by atoms with Crippen LogP contribution in [0.3, 0.4) is 0 Å². The van der Waals surface area contributed by atoms with E-state index in [1.807, 2.05) is 18.2 Å². The topological polar surface area (TPSA) is 114 Å². The normalized spacial score (nSPS) is 21.5. The Labute approximate surface area is 160 Å². The van der Waals surface area contributed by atoms with Gasteiger partial charge in [0.25, 0.3) is 6.01 Å². The van der Waals surface area contributed by atoms with Crippen molar-refractivity contribution in [2.24, 2.45) is 10.7 Å². The Morgan fingerprint density at radius 2 is 2.00 bits per heavy atom. The second-order valence-corrected chi connectivity index (χ2v) is 8.77. The van der Waals surface area contributed by atoms with Crippen LogP contribution in [0.4, 0.5) is 4.39 Å². The summed E-state index contributed by atoms with van der Waals surface area (Å²) < 4.78 is 46.1. The lowest BCUT2D eigenvalue weighted by Gasteiger charge is -2.34. The Balaban J connectivity index is 1.77. The summed E-state index contributed by atoms with van der Waals surface area (Å²) in [5.41, 5.74) is 5.34. The van der Waals surface area contributed by atoms with E-state index in [1.165, 1.54) is 26.1 Å². The van der Waals surface area contributed by atoms with Gasteiger partial charge in [0.15, 0.2) is 0 Å². The van der Waals surface area contributed by atoms with E-state index in [4.69, 9.17) is 10.5 Å². The summed E-state index contributed by atoms with van der Waals surface area (Å²) in [5.74, 6) is -0.635. The molecule has 0 saturated carbocycles. The number of H-pyrrole nitrogens is 1. The van der Waals surface area contributed by atoms with E-state index in [0.717, 1.165) is 4.31 Å². The molecule has 1 aliphatic rings. The summed E-state index contributed by atoms with van der Waals surface area (Å²) in [5, 5.41) is 0. The summed E-state index contributed by atoms with van der Waals surface area (Å²) >= 11 is 0. The average molecular weight is 403 g/mol. The number of nitrogens with one attached hydrogen (secondary N) is 1. The van der Waals surface area contributed by atoms with Crippen LogP contribution < -0.4 is 10.5 Å². The van der Waals surface area contributed by atoms with Crippen molar-refractivity contribution < 1.29 is 17.5 Å². The zero-order chi connectivity index (χ0) is 20.1. The Kier molecular flexibility index (Phi) is 4.03. The summed E-state index contributed by atoms with van der Waals surface area (Å²) in [7, 11) is -2.40. The quantitative estimate of drug-likeness (QED) is 0.697. The monoisotopic (exact) mass is 403 g/mol. The zero-order valence-electron chi connectivity index (χ0n) is 15.2. The molecule has 1 aromatic heterocycles. The third-order valence-corrected chi connectivity index (χ3v) is 6.60. The SMILES string of the molecule is CN1C(N)=N[C@](C)(c2cc3[nH]c(Oc4ccccc4)nc3cc2F)CS1(=O)=O. The predicted molar refractivity (Wildman–Crippen MR) is 103 cm³/mol. The maximum Gasteiger partial charge on any atom is 0.300 e. The van der Waals surface area contributed by atoms with Crippen molar-refractivity contribution in [3.05, 3.63) is 53.8 Å². The Hall–Kier alpha value is -3.14. The molecule has 3 aromatic rings. The van der Waals surface area contributed by atoms with Crippen LogP contribution in [0, 0.1) is 5.82 Å². The largest absolute Gasteiger partial charge is 0.426 e. The van der Waals surface area contributed by atoms with Gasteiger partial charge in [0.1, 0.15) is 17.1 Å². The first-order valence-electron chi connectivity index (χ1n) is 8.42. The molecule has 2 heterocycles. The molecule has 4 rings (SSSR count). The summed E-state index contributed by atoms with van der Waals surface area (Å²) in [4.78, 5) is 11.4. The number of aromatic nitrogens is 2. The molecule has 10 heteroatoms. The first-order valence-corrected chi connectivity index (χ1v) is 10.0. The minimum absolute atomic E-state index is 0.106. The number of ether oxygens (including phenoxy) is 1. The van der Waals surface area contributed by atoms with Crippen molar-refractivity contribution in [2.75, 3.05) is 12.8 Å². The van der Waals surface area contributed by atoms with E-state index in [-0.39, 0.29) is 17.5 Å². The number of aliphatic imine (C=N–C) groups is 1. The fourth-order valence-electron chi connectivity index (χ4n) is 3.16. The van der Waals surface area contributed by atoms with Crippen LogP contribution in [0.15, 0.2) is 47.5 Å². The highest BCUT2D eigenvalue weighted by Gasteiger charge is 2.41. The number of nitrogens with zero attached hydrogens (tertiary/aromatic N) is 3. The summed E-state index contributed by atoms with van der Waals surface area (Å²) in [6, 6.07) is 11.9. The van der Waals surface area contributed by atoms with Crippen molar-refractivity contribution in [1.82, 2.24) is 14.3 Å². The molecule has 0 spiro atoms. The molecule has 3 N–H and O–H groups in total. The van der Waals surface area contributed by atoms with E-state index in [2.05, 4.69) is 15.0 Å². The third kappa shape index (κ3) is 3.05. The van der Waals surface area contributed by atoms with Gasteiger partial charge < -0.3 is 15.5 Å². The fourth-order valence-corrected chi connectivity index (χ4v) is 4.61. The van der Waals surface area contributed by atoms with Crippen LogP contribution in [-0.4, -0.2) is 41.5 Å². The minimum Gasteiger partial charge on any atom is -0.426 e. The molecule has 0 bridgehead atoms. The van der Waals surface area contributed by atoms with E-state index >= 15 is 0 Å². The highest BCUT2D eigenvalue weighted by molar-refractivity contribution is 7.89. The number of imidazole rings is 1. The number of rotatable bonds is 3. The van der Waals surface area contributed by atoms with Gasteiger partial charge in [-0.1, -0.05) is 18.2 Å². The number of hydrogen-bond acceptors (Lipinski definition) is 6. The maximum atomic E-state index is 14.8. The second kappa shape index (κ2) is 6.20. The fraction of sp³-hybridized carbons (Fsp3) is 0.222. The highest BCUT2D eigenvalue weighted by Crippen LogP contribution is 2.35. The van der Waals surface area contributed by atoms with Crippen LogP contribution in [0.25, 0.3) is 11.0 Å². The molecule has 8 nitrogen and oxygen atoms in total. The first-order chi connectivity index (χ1) is 13.2. The average Bonchev–Trinajstić information content (AvgIpc) is 3.00. The summed E-state index contributed by atoms with van der Waals surface area (Å²) in [6.45, 7) is 1.53. The van der Waals surface area contributed by atoms with E-state index in [1.54, 1.807) is 12.1 Å². The lowest BCUT2D eigenvalue weighted by atomic mass is 9.93. The number of nitrogens with two attached hydrogens (primary N) is 1. The lowest BCUT2D eigenvalue weighted by Crippen LogP contribution is -2.50. The molecule has 0 radical (unpaired) electrons. The van der Waals surface area contributed by atoms with Gasteiger partial charge in [0, 0.05) is 18.7 Å². The molecule has 0 unspecified atom stereocenters.